The molecule has 5 heteroatoms. The summed E-state index contributed by atoms with van der Waals surface area (Å²) in [4.78, 5) is 12.8. The molecule has 0 bridgehead atoms. The maximum Gasteiger partial charge on any atom is 0.177 e. The zero-order valence-electron chi connectivity index (χ0n) is 10.7. The standard InChI is InChI=1S/C16H9BrF2OS/c17-11-2-1-9(13(19)8-11)6-14(20)16-7-10-5-12(18)3-4-15(10)21-16/h1-5,7-8H,6H2. The van der Waals surface area contributed by atoms with Gasteiger partial charge in [-0.05, 0) is 47.3 Å². The molecule has 3 aromatic rings. The van der Waals surface area contributed by atoms with Crippen molar-refractivity contribution < 1.29 is 13.6 Å². The lowest BCUT2D eigenvalue weighted by Crippen LogP contribution is -2.03. The number of ketones is 1. The lowest BCUT2D eigenvalue weighted by atomic mass is 10.1. The average Bonchev–Trinajstić information content (AvgIpc) is 2.85. The van der Waals surface area contributed by atoms with Gasteiger partial charge in [-0.1, -0.05) is 22.0 Å². The number of rotatable bonds is 3. The average molecular weight is 367 g/mol. The molecule has 106 valence electrons. The predicted molar refractivity (Wildman–Crippen MR) is 83.9 cm³/mol. The molecule has 0 aliphatic rings. The number of carbonyl (C=O) groups excluding carboxylic acids is 1. The summed E-state index contributed by atoms with van der Waals surface area (Å²) in [7, 11) is 0. The minimum Gasteiger partial charge on any atom is -0.293 e. The fourth-order valence-corrected chi connectivity index (χ4v) is 3.39. The van der Waals surface area contributed by atoms with Crippen LogP contribution in [-0.4, -0.2) is 5.78 Å². The number of halogens is 3. The zero-order valence-corrected chi connectivity index (χ0v) is 13.1. The number of Topliss-reactive ketones (excluding diaryl/α,β-unsaturated/α-hetero) is 1. The molecule has 1 nitrogen and oxygen atoms in total. The van der Waals surface area contributed by atoms with Crippen molar-refractivity contribution in [3.63, 3.8) is 0 Å². The molecule has 1 heterocycles. The lowest BCUT2D eigenvalue weighted by molar-refractivity contribution is 0.0995. The van der Waals surface area contributed by atoms with E-state index in [0.29, 0.717) is 20.3 Å². The van der Waals surface area contributed by atoms with Crippen LogP contribution in [0.25, 0.3) is 10.1 Å². The Bertz CT molecular complexity index is 841. The van der Waals surface area contributed by atoms with Gasteiger partial charge in [0.25, 0.3) is 0 Å². The van der Waals surface area contributed by atoms with Crippen molar-refractivity contribution in [2.45, 2.75) is 6.42 Å². The van der Waals surface area contributed by atoms with Gasteiger partial charge in [0, 0.05) is 15.6 Å². The molecule has 0 amide bonds. The van der Waals surface area contributed by atoms with E-state index in [1.807, 2.05) is 0 Å². The van der Waals surface area contributed by atoms with Crippen molar-refractivity contribution in [3.05, 3.63) is 69.0 Å². The van der Waals surface area contributed by atoms with Crippen LogP contribution in [0.2, 0.25) is 0 Å². The molecule has 0 radical (unpaired) electrons. The number of hydrogen-bond acceptors (Lipinski definition) is 2. The number of benzene rings is 2. The third-order valence-corrected chi connectivity index (χ3v) is 4.77. The molecule has 0 atom stereocenters. The van der Waals surface area contributed by atoms with E-state index in [9.17, 15) is 13.6 Å². The lowest BCUT2D eigenvalue weighted by Gasteiger charge is -2.01. The van der Waals surface area contributed by atoms with Gasteiger partial charge in [-0.2, -0.15) is 0 Å². The molecule has 3 rings (SSSR count). The van der Waals surface area contributed by atoms with Gasteiger partial charge in [0.2, 0.25) is 0 Å². The third kappa shape index (κ3) is 3.04. The van der Waals surface area contributed by atoms with E-state index < -0.39 is 5.82 Å². The summed E-state index contributed by atoms with van der Waals surface area (Å²) in [6.45, 7) is 0. The monoisotopic (exact) mass is 366 g/mol. The first-order valence-electron chi connectivity index (χ1n) is 6.19. The van der Waals surface area contributed by atoms with E-state index in [0.717, 1.165) is 4.70 Å². The molecule has 0 spiro atoms. The van der Waals surface area contributed by atoms with Crippen molar-refractivity contribution in [2.24, 2.45) is 0 Å². The number of thiophene rings is 1. The van der Waals surface area contributed by atoms with Crippen LogP contribution >= 0.6 is 27.3 Å². The van der Waals surface area contributed by atoms with Gasteiger partial charge < -0.3 is 0 Å². The van der Waals surface area contributed by atoms with E-state index in [2.05, 4.69) is 15.9 Å². The minimum atomic E-state index is -0.412. The minimum absolute atomic E-state index is 0.00554. The maximum atomic E-state index is 13.8. The highest BCUT2D eigenvalue weighted by atomic mass is 79.9. The molecule has 21 heavy (non-hydrogen) atoms. The molecule has 1 aromatic heterocycles. The van der Waals surface area contributed by atoms with E-state index in [-0.39, 0.29) is 18.0 Å². The van der Waals surface area contributed by atoms with Crippen LogP contribution in [0.1, 0.15) is 15.2 Å². The highest BCUT2D eigenvalue weighted by Gasteiger charge is 2.14. The van der Waals surface area contributed by atoms with Crippen LogP contribution in [0.15, 0.2) is 46.9 Å². The first-order chi connectivity index (χ1) is 10.0. The Hall–Kier alpha value is -1.59. The first-order valence-corrected chi connectivity index (χ1v) is 7.80. The summed E-state index contributed by atoms with van der Waals surface area (Å²) in [5.41, 5.74) is 0.354. The summed E-state index contributed by atoms with van der Waals surface area (Å²) < 4.78 is 28.4. The van der Waals surface area contributed by atoms with Crippen LogP contribution in [0.3, 0.4) is 0 Å². The number of hydrogen-bond donors (Lipinski definition) is 0. The topological polar surface area (TPSA) is 17.1 Å². The Balaban J connectivity index is 1.89. The van der Waals surface area contributed by atoms with E-state index in [1.54, 1.807) is 24.3 Å². The van der Waals surface area contributed by atoms with Crippen molar-refractivity contribution in [3.8, 4) is 0 Å². The quantitative estimate of drug-likeness (QED) is 0.569. The second-order valence-electron chi connectivity index (χ2n) is 4.63. The van der Waals surface area contributed by atoms with Crippen molar-refractivity contribution in [1.29, 1.82) is 0 Å². The summed E-state index contributed by atoms with van der Waals surface area (Å²) >= 11 is 4.47. The summed E-state index contributed by atoms with van der Waals surface area (Å²) in [6.07, 6.45) is -0.00554. The molecule has 0 unspecified atom stereocenters. The Kier molecular flexibility index (Phi) is 3.87. The molecule has 2 aromatic carbocycles. The third-order valence-electron chi connectivity index (χ3n) is 3.12. The second kappa shape index (κ2) is 5.66. The Labute approximate surface area is 132 Å². The summed E-state index contributed by atoms with van der Waals surface area (Å²) in [5.74, 6) is -0.916. The van der Waals surface area contributed by atoms with Crippen LogP contribution in [0.4, 0.5) is 8.78 Å². The van der Waals surface area contributed by atoms with Crippen LogP contribution in [0.5, 0.6) is 0 Å². The van der Waals surface area contributed by atoms with Gasteiger partial charge in [-0.3, -0.25) is 4.79 Å². The highest BCUT2D eigenvalue weighted by Crippen LogP contribution is 2.27. The fraction of sp³-hybridized carbons (Fsp3) is 0.0625. The Morgan fingerprint density at radius 1 is 1.10 bits per heavy atom. The normalized spacial score (nSPS) is 11.0. The van der Waals surface area contributed by atoms with E-state index >= 15 is 0 Å². The van der Waals surface area contributed by atoms with Gasteiger partial charge >= 0.3 is 0 Å². The first kappa shape index (κ1) is 14.4. The van der Waals surface area contributed by atoms with Gasteiger partial charge in [-0.25, -0.2) is 8.78 Å². The zero-order chi connectivity index (χ0) is 15.0. The van der Waals surface area contributed by atoms with E-state index in [1.165, 1.54) is 29.5 Å². The van der Waals surface area contributed by atoms with Crippen LogP contribution in [0, 0.1) is 11.6 Å². The van der Waals surface area contributed by atoms with E-state index in [4.69, 9.17) is 0 Å². The van der Waals surface area contributed by atoms with Crippen molar-refractivity contribution >= 4 is 43.1 Å². The van der Waals surface area contributed by atoms with Gasteiger partial charge in [0.05, 0.1) is 4.88 Å². The Morgan fingerprint density at radius 3 is 2.67 bits per heavy atom. The van der Waals surface area contributed by atoms with Gasteiger partial charge in [-0.15, -0.1) is 11.3 Å². The van der Waals surface area contributed by atoms with Crippen molar-refractivity contribution in [2.75, 3.05) is 0 Å². The predicted octanol–water partition coefficient (Wildman–Crippen LogP) is 5.37. The molecular weight excluding hydrogens is 358 g/mol. The molecule has 0 saturated carbocycles. The molecule has 0 saturated heterocycles. The van der Waals surface area contributed by atoms with Gasteiger partial charge in [0.1, 0.15) is 11.6 Å². The SMILES string of the molecule is O=C(Cc1ccc(Br)cc1F)c1cc2cc(F)ccc2s1. The number of fused-ring (bicyclic) bond motifs is 1. The molecular formula is C16H9BrF2OS. The largest absolute Gasteiger partial charge is 0.293 e. The van der Waals surface area contributed by atoms with Crippen molar-refractivity contribution in [1.82, 2.24) is 0 Å². The smallest absolute Gasteiger partial charge is 0.177 e. The highest BCUT2D eigenvalue weighted by molar-refractivity contribution is 9.10. The Morgan fingerprint density at radius 2 is 1.90 bits per heavy atom. The molecule has 0 N–H and O–H groups in total. The van der Waals surface area contributed by atoms with Gasteiger partial charge in [0.15, 0.2) is 5.78 Å². The maximum absolute atomic E-state index is 13.8. The molecule has 0 aliphatic heterocycles. The summed E-state index contributed by atoms with van der Waals surface area (Å²) in [5, 5.41) is 0.694. The molecule has 0 fully saturated rings. The van der Waals surface area contributed by atoms with Crippen LogP contribution < -0.4 is 0 Å². The fourth-order valence-electron chi connectivity index (χ4n) is 2.08. The second-order valence-corrected chi connectivity index (χ2v) is 6.63. The van der Waals surface area contributed by atoms with Crippen LogP contribution in [-0.2, 0) is 6.42 Å². The summed E-state index contributed by atoms with van der Waals surface area (Å²) in [6, 6.07) is 10.7. The number of carbonyl (C=O) groups is 1. The molecule has 0 aliphatic carbocycles.